The fourth-order valence-corrected chi connectivity index (χ4v) is 6.29. The van der Waals surface area contributed by atoms with Crippen molar-refractivity contribution in [1.82, 2.24) is 10.2 Å². The van der Waals surface area contributed by atoms with Crippen LogP contribution in [-0.4, -0.2) is 51.9 Å². The lowest BCUT2D eigenvalue weighted by atomic mass is 10.0. The summed E-state index contributed by atoms with van der Waals surface area (Å²) in [5, 5.41) is 3.15. The van der Waals surface area contributed by atoms with Gasteiger partial charge in [-0.15, -0.1) is 0 Å². The highest BCUT2D eigenvalue weighted by molar-refractivity contribution is 7.92. The van der Waals surface area contributed by atoms with Gasteiger partial charge in [-0.3, -0.25) is 13.9 Å². The van der Waals surface area contributed by atoms with Gasteiger partial charge in [0, 0.05) is 25.0 Å². The van der Waals surface area contributed by atoms with E-state index in [1.54, 1.807) is 60.7 Å². The second-order valence-electron chi connectivity index (χ2n) is 9.99. The molecule has 0 aliphatic carbocycles. The van der Waals surface area contributed by atoms with Crippen LogP contribution in [0.1, 0.15) is 16.7 Å². The number of benzene rings is 4. The molecular weight excluding hydrogens is 586 g/mol. The van der Waals surface area contributed by atoms with E-state index in [1.807, 2.05) is 37.3 Å². The first-order valence-corrected chi connectivity index (χ1v) is 15.5. The van der Waals surface area contributed by atoms with Gasteiger partial charge in [0.2, 0.25) is 11.8 Å². The maximum Gasteiger partial charge on any atom is 0.264 e. The van der Waals surface area contributed by atoms with E-state index in [9.17, 15) is 18.0 Å². The van der Waals surface area contributed by atoms with Gasteiger partial charge in [-0.2, -0.15) is 0 Å². The number of nitrogens with one attached hydrogen (secondary N) is 1. The van der Waals surface area contributed by atoms with Crippen LogP contribution < -0.4 is 14.4 Å². The lowest BCUT2D eigenvalue weighted by Gasteiger charge is -2.33. The summed E-state index contributed by atoms with van der Waals surface area (Å²) in [6, 6.07) is 28.3. The third-order valence-electron chi connectivity index (χ3n) is 7.01. The van der Waals surface area contributed by atoms with Gasteiger partial charge in [-0.1, -0.05) is 71.8 Å². The van der Waals surface area contributed by atoms with Crippen LogP contribution in [0.4, 0.5) is 5.69 Å². The number of carbonyl (C=O) groups is 2. The molecule has 0 aliphatic rings. The Morgan fingerprint density at radius 3 is 2.14 bits per heavy atom. The predicted molar refractivity (Wildman–Crippen MR) is 169 cm³/mol. The van der Waals surface area contributed by atoms with E-state index in [4.69, 9.17) is 16.3 Å². The zero-order valence-electron chi connectivity index (χ0n) is 24.2. The summed E-state index contributed by atoms with van der Waals surface area (Å²) in [7, 11) is -1.17. The van der Waals surface area contributed by atoms with Crippen molar-refractivity contribution >= 4 is 39.1 Å². The van der Waals surface area contributed by atoms with Crippen molar-refractivity contribution in [3.63, 3.8) is 0 Å². The summed E-state index contributed by atoms with van der Waals surface area (Å²) in [6.45, 7) is 1.34. The molecule has 8 nitrogen and oxygen atoms in total. The number of nitrogens with zero attached hydrogens (tertiary/aromatic N) is 2. The number of likely N-dealkylation sites (N-methyl/N-ethyl adjacent to an activating group) is 1. The van der Waals surface area contributed by atoms with Crippen LogP contribution in [0, 0.1) is 6.92 Å². The van der Waals surface area contributed by atoms with Crippen molar-refractivity contribution in [3.05, 3.63) is 125 Å². The molecule has 10 heteroatoms. The van der Waals surface area contributed by atoms with Crippen molar-refractivity contribution in [1.29, 1.82) is 0 Å². The zero-order valence-corrected chi connectivity index (χ0v) is 25.8. The molecule has 224 valence electrons. The number of carbonyl (C=O) groups excluding carboxylic acids is 2. The topological polar surface area (TPSA) is 96.0 Å². The van der Waals surface area contributed by atoms with Crippen LogP contribution in [-0.2, 0) is 32.6 Å². The minimum atomic E-state index is -4.19. The molecule has 0 saturated heterocycles. The van der Waals surface area contributed by atoms with Gasteiger partial charge in [-0.05, 0) is 66.6 Å². The molecule has 1 atom stereocenters. The van der Waals surface area contributed by atoms with Crippen molar-refractivity contribution < 1.29 is 22.7 Å². The van der Waals surface area contributed by atoms with Crippen LogP contribution in [0.5, 0.6) is 5.75 Å². The Bertz CT molecular complexity index is 1650. The van der Waals surface area contributed by atoms with E-state index in [-0.39, 0.29) is 29.5 Å². The van der Waals surface area contributed by atoms with Crippen LogP contribution >= 0.6 is 11.6 Å². The quantitative estimate of drug-likeness (QED) is 0.234. The molecule has 1 N–H and O–H groups in total. The fraction of sp³-hybridized carbons (Fsp3) is 0.212. The first kappa shape index (κ1) is 31.6. The largest absolute Gasteiger partial charge is 0.497 e. The molecule has 4 rings (SSSR count). The number of ether oxygens (including phenoxy) is 1. The Morgan fingerprint density at radius 2 is 1.53 bits per heavy atom. The predicted octanol–water partition coefficient (Wildman–Crippen LogP) is 5.24. The molecule has 0 fully saturated rings. The van der Waals surface area contributed by atoms with E-state index in [2.05, 4.69) is 5.32 Å². The first-order valence-electron chi connectivity index (χ1n) is 13.6. The molecule has 0 aliphatic heterocycles. The standard InChI is InChI=1S/C33H34ClN3O5S/c1-24-12-18-30(19-13-24)43(40,41)37(28-14-16-29(42-3)17-15-28)23-32(38)36(22-26-10-7-11-27(34)20-26)31(33(39)35-2)21-25-8-5-4-6-9-25/h4-20,31H,21-23H2,1-3H3,(H,35,39)/t31-/m0/s1. The number of hydrogen-bond donors (Lipinski definition) is 1. The first-order chi connectivity index (χ1) is 20.6. The van der Waals surface area contributed by atoms with Crippen molar-refractivity contribution in [2.24, 2.45) is 0 Å². The third-order valence-corrected chi connectivity index (χ3v) is 9.03. The molecule has 0 heterocycles. The minimum Gasteiger partial charge on any atom is -0.497 e. The third kappa shape index (κ3) is 7.94. The summed E-state index contributed by atoms with van der Waals surface area (Å²) in [5.74, 6) is -0.402. The van der Waals surface area contributed by atoms with Gasteiger partial charge in [0.1, 0.15) is 18.3 Å². The normalized spacial score (nSPS) is 11.8. The Morgan fingerprint density at radius 1 is 0.884 bits per heavy atom. The summed E-state index contributed by atoms with van der Waals surface area (Å²) < 4.78 is 34.4. The number of amides is 2. The van der Waals surface area contributed by atoms with Crippen molar-refractivity contribution in [2.45, 2.75) is 30.8 Å². The molecule has 0 saturated carbocycles. The van der Waals surface area contributed by atoms with Gasteiger partial charge >= 0.3 is 0 Å². The molecular formula is C33H34ClN3O5S. The van der Waals surface area contributed by atoms with Gasteiger partial charge in [0.25, 0.3) is 10.0 Å². The number of methoxy groups -OCH3 is 1. The Hall–Kier alpha value is -4.34. The molecule has 0 spiro atoms. The smallest absolute Gasteiger partial charge is 0.264 e. The Kier molecular flexibility index (Phi) is 10.4. The molecule has 2 amide bonds. The Labute approximate surface area is 257 Å². The number of anilines is 1. The van der Waals surface area contributed by atoms with Crippen LogP contribution in [0.2, 0.25) is 5.02 Å². The van der Waals surface area contributed by atoms with Gasteiger partial charge in [0.05, 0.1) is 17.7 Å². The Balaban J connectivity index is 1.79. The molecule has 4 aromatic rings. The number of sulfonamides is 1. The van der Waals surface area contributed by atoms with E-state index < -0.39 is 28.5 Å². The number of aryl methyl sites for hydroxylation is 1. The minimum absolute atomic E-state index is 0.0331. The summed E-state index contributed by atoms with van der Waals surface area (Å²) in [6.07, 6.45) is 0.222. The average molecular weight is 620 g/mol. The average Bonchev–Trinajstić information content (AvgIpc) is 3.02. The SMILES string of the molecule is CNC(=O)[C@H](Cc1ccccc1)N(Cc1cccc(Cl)c1)C(=O)CN(c1ccc(OC)cc1)S(=O)(=O)c1ccc(C)cc1. The zero-order chi connectivity index (χ0) is 31.0. The summed E-state index contributed by atoms with van der Waals surface area (Å²) in [4.78, 5) is 29.1. The van der Waals surface area contributed by atoms with E-state index in [0.717, 1.165) is 15.4 Å². The maximum atomic E-state index is 14.3. The fourth-order valence-electron chi connectivity index (χ4n) is 4.67. The van der Waals surface area contributed by atoms with Gasteiger partial charge < -0.3 is 15.0 Å². The van der Waals surface area contributed by atoms with Crippen molar-refractivity contribution in [3.8, 4) is 5.75 Å². The molecule has 4 aromatic carbocycles. The molecule has 43 heavy (non-hydrogen) atoms. The molecule has 0 bridgehead atoms. The highest BCUT2D eigenvalue weighted by Crippen LogP contribution is 2.27. The number of halogens is 1. The molecule has 0 unspecified atom stereocenters. The highest BCUT2D eigenvalue weighted by atomic mass is 35.5. The van der Waals surface area contributed by atoms with Gasteiger partial charge in [0.15, 0.2) is 0 Å². The molecule has 0 aromatic heterocycles. The van der Waals surface area contributed by atoms with E-state index in [1.165, 1.54) is 31.2 Å². The number of rotatable bonds is 12. The second-order valence-corrected chi connectivity index (χ2v) is 12.3. The van der Waals surface area contributed by atoms with E-state index in [0.29, 0.717) is 16.3 Å². The molecule has 0 radical (unpaired) electrons. The lowest BCUT2D eigenvalue weighted by molar-refractivity contribution is -0.139. The van der Waals surface area contributed by atoms with Gasteiger partial charge in [-0.25, -0.2) is 8.42 Å². The van der Waals surface area contributed by atoms with Crippen LogP contribution in [0.25, 0.3) is 0 Å². The second kappa shape index (κ2) is 14.2. The van der Waals surface area contributed by atoms with Crippen LogP contribution in [0.3, 0.4) is 0 Å². The summed E-state index contributed by atoms with van der Waals surface area (Å²) >= 11 is 6.25. The summed E-state index contributed by atoms with van der Waals surface area (Å²) in [5.41, 5.74) is 2.71. The number of hydrogen-bond acceptors (Lipinski definition) is 5. The lowest BCUT2D eigenvalue weighted by Crippen LogP contribution is -2.53. The van der Waals surface area contributed by atoms with Crippen molar-refractivity contribution in [2.75, 3.05) is 25.0 Å². The maximum absolute atomic E-state index is 14.3. The monoisotopic (exact) mass is 619 g/mol. The van der Waals surface area contributed by atoms with Crippen LogP contribution in [0.15, 0.2) is 108 Å². The highest BCUT2D eigenvalue weighted by Gasteiger charge is 2.34. The van der Waals surface area contributed by atoms with E-state index >= 15 is 0 Å².